The van der Waals surface area contributed by atoms with Crippen LogP contribution < -0.4 is 0 Å². The van der Waals surface area contributed by atoms with Gasteiger partial charge in [-0.05, 0) is 34.4 Å². The van der Waals surface area contributed by atoms with E-state index in [-0.39, 0.29) is 0 Å². The molecule has 1 fully saturated rings. The molecule has 0 bridgehead atoms. The van der Waals surface area contributed by atoms with Crippen molar-refractivity contribution in [3.63, 3.8) is 0 Å². The normalized spacial score (nSPS) is 27.3. The van der Waals surface area contributed by atoms with Crippen LogP contribution in [0.15, 0.2) is 0 Å². The molecular weight excluding hydrogens is 136 g/mol. The summed E-state index contributed by atoms with van der Waals surface area (Å²) in [5.41, 5.74) is 0. The average Bonchev–Trinajstić information content (AvgIpc) is 2.33. The van der Waals surface area contributed by atoms with E-state index in [2.05, 4.69) is 37.7 Å². The van der Waals surface area contributed by atoms with Crippen LogP contribution in [0.2, 0.25) is 0 Å². The highest BCUT2D eigenvalue weighted by Crippen LogP contribution is 2.15. The predicted molar refractivity (Wildman–Crippen MR) is 48.8 cm³/mol. The van der Waals surface area contributed by atoms with Crippen LogP contribution in [0.4, 0.5) is 0 Å². The van der Waals surface area contributed by atoms with Gasteiger partial charge in [0.2, 0.25) is 0 Å². The van der Waals surface area contributed by atoms with E-state index < -0.39 is 0 Å². The van der Waals surface area contributed by atoms with Crippen molar-refractivity contribution in [2.75, 3.05) is 27.2 Å². The third kappa shape index (κ3) is 2.17. The third-order valence-electron chi connectivity index (χ3n) is 2.66. The minimum atomic E-state index is 0.722. The first-order valence-corrected chi connectivity index (χ1v) is 4.51. The van der Waals surface area contributed by atoms with Crippen LogP contribution in [0, 0.1) is 0 Å². The summed E-state index contributed by atoms with van der Waals surface area (Å²) in [4.78, 5) is 4.88. The SMILES string of the molecule is CC(C)N1CCC(N(C)C)C1. The number of rotatable bonds is 2. The Bertz CT molecular complexity index is 107. The lowest BCUT2D eigenvalue weighted by atomic mass is 10.2. The molecule has 0 aromatic carbocycles. The first kappa shape index (κ1) is 9.01. The zero-order chi connectivity index (χ0) is 8.43. The van der Waals surface area contributed by atoms with Crippen LogP contribution in [-0.4, -0.2) is 49.1 Å². The van der Waals surface area contributed by atoms with Crippen molar-refractivity contribution in [1.29, 1.82) is 0 Å². The first-order chi connectivity index (χ1) is 5.11. The zero-order valence-corrected chi connectivity index (χ0v) is 8.17. The van der Waals surface area contributed by atoms with Gasteiger partial charge in [-0.15, -0.1) is 0 Å². The Morgan fingerprint density at radius 3 is 2.27 bits per heavy atom. The van der Waals surface area contributed by atoms with Gasteiger partial charge in [0.1, 0.15) is 0 Å². The van der Waals surface area contributed by atoms with Crippen molar-refractivity contribution in [1.82, 2.24) is 9.80 Å². The lowest BCUT2D eigenvalue weighted by Gasteiger charge is -2.22. The van der Waals surface area contributed by atoms with E-state index in [0.717, 1.165) is 12.1 Å². The van der Waals surface area contributed by atoms with Gasteiger partial charge in [-0.3, -0.25) is 4.90 Å². The zero-order valence-electron chi connectivity index (χ0n) is 8.17. The maximum atomic E-state index is 2.55. The summed E-state index contributed by atoms with van der Waals surface area (Å²) >= 11 is 0. The van der Waals surface area contributed by atoms with E-state index in [0.29, 0.717) is 0 Å². The summed E-state index contributed by atoms with van der Waals surface area (Å²) in [6.07, 6.45) is 1.34. The van der Waals surface area contributed by atoms with Crippen molar-refractivity contribution in [2.45, 2.75) is 32.4 Å². The lowest BCUT2D eigenvalue weighted by molar-refractivity contribution is 0.237. The quantitative estimate of drug-likeness (QED) is 0.589. The second-order valence-electron chi connectivity index (χ2n) is 3.99. The number of hydrogen-bond donors (Lipinski definition) is 0. The first-order valence-electron chi connectivity index (χ1n) is 4.51. The fraction of sp³-hybridized carbons (Fsp3) is 1.00. The van der Waals surface area contributed by atoms with Gasteiger partial charge in [0.15, 0.2) is 0 Å². The summed E-state index contributed by atoms with van der Waals surface area (Å²) in [5, 5.41) is 0. The molecule has 0 saturated carbocycles. The Morgan fingerprint density at radius 1 is 1.36 bits per heavy atom. The van der Waals surface area contributed by atoms with Crippen molar-refractivity contribution < 1.29 is 0 Å². The van der Waals surface area contributed by atoms with Gasteiger partial charge in [-0.2, -0.15) is 0 Å². The molecule has 0 aromatic rings. The van der Waals surface area contributed by atoms with Gasteiger partial charge < -0.3 is 4.90 Å². The molecule has 11 heavy (non-hydrogen) atoms. The summed E-state index contributed by atoms with van der Waals surface area (Å²) < 4.78 is 0. The molecule has 2 heteroatoms. The van der Waals surface area contributed by atoms with Crippen LogP contribution in [0.3, 0.4) is 0 Å². The van der Waals surface area contributed by atoms with Crippen molar-refractivity contribution in [3.8, 4) is 0 Å². The van der Waals surface area contributed by atoms with Crippen LogP contribution >= 0.6 is 0 Å². The molecule has 0 spiro atoms. The van der Waals surface area contributed by atoms with E-state index in [4.69, 9.17) is 0 Å². The predicted octanol–water partition coefficient (Wildman–Crippen LogP) is 1.03. The largest absolute Gasteiger partial charge is 0.305 e. The number of hydrogen-bond acceptors (Lipinski definition) is 2. The smallest absolute Gasteiger partial charge is 0.0229 e. The molecule has 2 nitrogen and oxygen atoms in total. The Hall–Kier alpha value is -0.0800. The van der Waals surface area contributed by atoms with Gasteiger partial charge in [0, 0.05) is 25.2 Å². The Labute approximate surface area is 70.2 Å². The van der Waals surface area contributed by atoms with E-state index in [9.17, 15) is 0 Å². The van der Waals surface area contributed by atoms with E-state index in [1.807, 2.05) is 0 Å². The van der Waals surface area contributed by atoms with Gasteiger partial charge in [0.05, 0.1) is 0 Å². The minimum Gasteiger partial charge on any atom is -0.305 e. The summed E-state index contributed by atoms with van der Waals surface area (Å²) in [6.45, 7) is 7.08. The lowest BCUT2D eigenvalue weighted by Crippen LogP contribution is -2.34. The van der Waals surface area contributed by atoms with Crippen LogP contribution in [0.1, 0.15) is 20.3 Å². The van der Waals surface area contributed by atoms with Crippen molar-refractivity contribution >= 4 is 0 Å². The fourth-order valence-corrected chi connectivity index (χ4v) is 1.66. The number of likely N-dealkylation sites (tertiary alicyclic amines) is 1. The average molecular weight is 156 g/mol. The molecule has 1 aliphatic rings. The monoisotopic (exact) mass is 156 g/mol. The highest BCUT2D eigenvalue weighted by molar-refractivity contribution is 4.82. The molecule has 1 heterocycles. The number of nitrogens with zero attached hydrogens (tertiary/aromatic N) is 2. The third-order valence-corrected chi connectivity index (χ3v) is 2.66. The van der Waals surface area contributed by atoms with E-state index >= 15 is 0 Å². The minimum absolute atomic E-state index is 0.722. The standard InChI is InChI=1S/C9H20N2/c1-8(2)11-6-5-9(7-11)10(3)4/h8-9H,5-7H2,1-4H3. The maximum absolute atomic E-state index is 2.55. The van der Waals surface area contributed by atoms with Gasteiger partial charge in [-0.1, -0.05) is 0 Å². The summed E-state index contributed by atoms with van der Waals surface area (Å²) in [7, 11) is 4.35. The van der Waals surface area contributed by atoms with E-state index in [1.54, 1.807) is 0 Å². The Balaban J connectivity index is 2.35. The molecule has 0 amide bonds. The van der Waals surface area contributed by atoms with Gasteiger partial charge in [-0.25, -0.2) is 0 Å². The van der Waals surface area contributed by atoms with Crippen LogP contribution in [-0.2, 0) is 0 Å². The molecule has 0 radical (unpaired) electrons. The van der Waals surface area contributed by atoms with Gasteiger partial charge >= 0.3 is 0 Å². The second kappa shape index (κ2) is 3.55. The van der Waals surface area contributed by atoms with Gasteiger partial charge in [0.25, 0.3) is 0 Å². The topological polar surface area (TPSA) is 6.48 Å². The molecule has 1 saturated heterocycles. The molecule has 1 rings (SSSR count). The molecule has 1 unspecified atom stereocenters. The van der Waals surface area contributed by atoms with Crippen molar-refractivity contribution in [3.05, 3.63) is 0 Å². The Morgan fingerprint density at radius 2 is 2.00 bits per heavy atom. The van der Waals surface area contributed by atoms with E-state index in [1.165, 1.54) is 19.5 Å². The second-order valence-corrected chi connectivity index (χ2v) is 3.99. The molecule has 0 N–H and O–H groups in total. The van der Waals surface area contributed by atoms with Crippen LogP contribution in [0.25, 0.3) is 0 Å². The molecule has 1 aliphatic heterocycles. The molecule has 0 aromatic heterocycles. The highest BCUT2D eigenvalue weighted by atomic mass is 15.2. The van der Waals surface area contributed by atoms with Crippen molar-refractivity contribution in [2.24, 2.45) is 0 Å². The molecule has 66 valence electrons. The number of likely N-dealkylation sites (N-methyl/N-ethyl adjacent to an activating group) is 1. The Kier molecular flexibility index (Phi) is 2.90. The van der Waals surface area contributed by atoms with Crippen LogP contribution in [0.5, 0.6) is 0 Å². The summed E-state index contributed by atoms with van der Waals surface area (Å²) in [5.74, 6) is 0. The molecule has 0 aliphatic carbocycles. The maximum Gasteiger partial charge on any atom is 0.0229 e. The molecular formula is C9H20N2. The fourth-order valence-electron chi connectivity index (χ4n) is 1.66. The molecule has 1 atom stereocenters. The summed E-state index contributed by atoms with van der Waals surface area (Å²) in [6, 6.07) is 1.51. The highest BCUT2D eigenvalue weighted by Gasteiger charge is 2.24.